The number of amides is 1. The summed E-state index contributed by atoms with van der Waals surface area (Å²) < 4.78 is 4.00. The van der Waals surface area contributed by atoms with E-state index in [1.165, 1.54) is 14.0 Å². The summed E-state index contributed by atoms with van der Waals surface area (Å²) in [4.78, 5) is 22.3. The zero-order valence-electron chi connectivity index (χ0n) is 8.96. The van der Waals surface area contributed by atoms with E-state index in [0.717, 1.165) is 0 Å². The lowest BCUT2D eigenvalue weighted by Crippen LogP contribution is -2.52. The molecule has 0 aliphatic carbocycles. The molecule has 0 heterocycles. The molecule has 0 rings (SSSR count). The number of carbonyl (C=O) groups is 2. The van der Waals surface area contributed by atoms with E-state index < -0.39 is 16.8 Å². The van der Waals surface area contributed by atoms with E-state index in [4.69, 9.17) is 0 Å². The van der Waals surface area contributed by atoms with Gasteiger partial charge in [0, 0.05) is 11.7 Å². The Kier molecular flexibility index (Phi) is 4.97. The molecule has 0 aromatic rings. The van der Waals surface area contributed by atoms with Gasteiger partial charge in [-0.15, -0.1) is 0 Å². The highest BCUT2D eigenvalue weighted by Crippen LogP contribution is 2.23. The molecule has 0 spiro atoms. The van der Waals surface area contributed by atoms with Gasteiger partial charge in [-0.05, 0) is 13.3 Å². The quantitative estimate of drug-likeness (QED) is 0.542. The topological polar surface area (TPSA) is 55.4 Å². The maximum atomic E-state index is 11.4. The highest BCUT2D eigenvalue weighted by atomic mass is 32.1. The van der Waals surface area contributed by atoms with Crippen LogP contribution in [0, 0.1) is 0 Å². The first-order valence-electron chi connectivity index (χ1n) is 4.42. The Hall–Kier alpha value is -0.710. The first-order valence-corrected chi connectivity index (χ1v) is 4.87. The molecule has 0 aliphatic rings. The number of esters is 1. The summed E-state index contributed by atoms with van der Waals surface area (Å²) in [5, 5.41) is 2.53. The fourth-order valence-corrected chi connectivity index (χ4v) is 1.16. The second kappa shape index (κ2) is 5.24. The van der Waals surface area contributed by atoms with Gasteiger partial charge in [0.15, 0.2) is 0 Å². The molecular formula is C9H17NO3S. The van der Waals surface area contributed by atoms with E-state index in [0.29, 0.717) is 6.42 Å². The number of ether oxygens (including phenoxy) is 1. The van der Waals surface area contributed by atoms with Crippen molar-refractivity contribution in [1.82, 2.24) is 5.32 Å². The Morgan fingerprint density at radius 3 is 2.36 bits per heavy atom. The van der Waals surface area contributed by atoms with Crippen LogP contribution in [0.4, 0.5) is 0 Å². The molecule has 0 radical (unpaired) electrons. The monoisotopic (exact) mass is 219 g/mol. The van der Waals surface area contributed by atoms with Crippen molar-refractivity contribution in [1.29, 1.82) is 0 Å². The van der Waals surface area contributed by atoms with Gasteiger partial charge in [-0.1, -0.05) is 6.92 Å². The van der Waals surface area contributed by atoms with Gasteiger partial charge < -0.3 is 10.1 Å². The number of hydrogen-bond donors (Lipinski definition) is 2. The molecule has 1 N–H and O–H groups in total. The standard InChI is InChI=1S/C9H17NO3S/c1-5-9(3,14)7(8(12)13-4)10-6(2)11/h7,14H,5H2,1-4H3,(H,10,11). The number of carbonyl (C=O) groups excluding carboxylic acids is 2. The maximum Gasteiger partial charge on any atom is 0.329 e. The molecule has 2 atom stereocenters. The van der Waals surface area contributed by atoms with Crippen LogP contribution in [0.1, 0.15) is 27.2 Å². The molecule has 1 amide bonds. The summed E-state index contributed by atoms with van der Waals surface area (Å²) in [7, 11) is 1.29. The van der Waals surface area contributed by atoms with Gasteiger partial charge in [0.25, 0.3) is 0 Å². The Balaban J connectivity index is 4.71. The van der Waals surface area contributed by atoms with Gasteiger partial charge in [-0.3, -0.25) is 4.79 Å². The SMILES string of the molecule is CCC(C)(S)C(NC(C)=O)C(=O)OC. The molecule has 4 nitrogen and oxygen atoms in total. The van der Waals surface area contributed by atoms with Crippen molar-refractivity contribution >= 4 is 24.5 Å². The van der Waals surface area contributed by atoms with Crippen LogP contribution < -0.4 is 5.32 Å². The fourth-order valence-electron chi connectivity index (χ4n) is 0.994. The van der Waals surface area contributed by atoms with Crippen LogP contribution in [0.25, 0.3) is 0 Å². The summed E-state index contributed by atoms with van der Waals surface area (Å²) in [6.07, 6.45) is 0.649. The van der Waals surface area contributed by atoms with Crippen LogP contribution in [0.15, 0.2) is 0 Å². The van der Waals surface area contributed by atoms with E-state index >= 15 is 0 Å². The van der Waals surface area contributed by atoms with E-state index in [9.17, 15) is 9.59 Å². The van der Waals surface area contributed by atoms with Crippen LogP contribution in [0.5, 0.6) is 0 Å². The van der Waals surface area contributed by atoms with Crippen LogP contribution in [-0.4, -0.2) is 29.8 Å². The Morgan fingerprint density at radius 2 is 2.07 bits per heavy atom. The lowest BCUT2D eigenvalue weighted by atomic mass is 9.98. The maximum absolute atomic E-state index is 11.4. The third-order valence-electron chi connectivity index (χ3n) is 2.12. The van der Waals surface area contributed by atoms with Crippen molar-refractivity contribution in [2.24, 2.45) is 0 Å². The van der Waals surface area contributed by atoms with Crippen LogP contribution in [0.2, 0.25) is 0 Å². The minimum absolute atomic E-state index is 0.269. The lowest BCUT2D eigenvalue weighted by molar-refractivity contribution is -0.145. The van der Waals surface area contributed by atoms with Crippen molar-refractivity contribution in [2.75, 3.05) is 7.11 Å². The summed E-state index contributed by atoms with van der Waals surface area (Å²) in [5.74, 6) is -0.742. The average molecular weight is 219 g/mol. The van der Waals surface area contributed by atoms with Crippen LogP contribution >= 0.6 is 12.6 Å². The van der Waals surface area contributed by atoms with E-state index in [1.807, 2.05) is 6.92 Å². The van der Waals surface area contributed by atoms with E-state index in [-0.39, 0.29) is 5.91 Å². The van der Waals surface area contributed by atoms with Gasteiger partial charge in [-0.2, -0.15) is 12.6 Å². The van der Waals surface area contributed by atoms with Gasteiger partial charge >= 0.3 is 5.97 Å². The summed E-state index contributed by atoms with van der Waals surface area (Å²) in [5.41, 5.74) is 0. The van der Waals surface area contributed by atoms with Crippen molar-refractivity contribution in [3.63, 3.8) is 0 Å². The molecule has 0 fully saturated rings. The zero-order chi connectivity index (χ0) is 11.4. The Labute approximate surface area is 89.8 Å². The normalized spacial score (nSPS) is 16.6. The lowest BCUT2D eigenvalue weighted by Gasteiger charge is -2.30. The molecule has 82 valence electrons. The fraction of sp³-hybridized carbons (Fsp3) is 0.778. The Morgan fingerprint density at radius 1 is 1.57 bits per heavy atom. The molecule has 0 aromatic heterocycles. The number of hydrogen-bond acceptors (Lipinski definition) is 4. The molecule has 0 saturated carbocycles. The van der Waals surface area contributed by atoms with Crippen molar-refractivity contribution in [3.8, 4) is 0 Å². The number of rotatable bonds is 4. The number of thiol groups is 1. The predicted octanol–water partition coefficient (Wildman–Crippen LogP) is 0.763. The largest absolute Gasteiger partial charge is 0.467 e. The van der Waals surface area contributed by atoms with E-state index in [2.05, 4.69) is 22.7 Å². The molecule has 0 bridgehead atoms. The molecule has 0 saturated heterocycles. The predicted molar refractivity (Wildman–Crippen MR) is 57.3 cm³/mol. The molecule has 0 aliphatic heterocycles. The third-order valence-corrected chi connectivity index (χ3v) is 2.70. The zero-order valence-corrected chi connectivity index (χ0v) is 9.85. The highest BCUT2D eigenvalue weighted by molar-refractivity contribution is 7.81. The summed E-state index contributed by atoms with van der Waals surface area (Å²) in [6, 6.07) is -0.710. The van der Waals surface area contributed by atoms with Gasteiger partial charge in [0.05, 0.1) is 7.11 Å². The smallest absolute Gasteiger partial charge is 0.329 e. The molecule has 5 heteroatoms. The van der Waals surface area contributed by atoms with Gasteiger partial charge in [0.2, 0.25) is 5.91 Å². The minimum Gasteiger partial charge on any atom is -0.467 e. The molecule has 2 unspecified atom stereocenters. The first-order chi connectivity index (χ1) is 6.35. The van der Waals surface area contributed by atoms with E-state index in [1.54, 1.807) is 6.92 Å². The first kappa shape index (κ1) is 13.3. The van der Waals surface area contributed by atoms with Crippen LogP contribution in [0.3, 0.4) is 0 Å². The number of methoxy groups -OCH3 is 1. The van der Waals surface area contributed by atoms with Crippen LogP contribution in [-0.2, 0) is 14.3 Å². The van der Waals surface area contributed by atoms with Crippen molar-refractivity contribution < 1.29 is 14.3 Å². The number of nitrogens with one attached hydrogen (secondary N) is 1. The second-order valence-electron chi connectivity index (χ2n) is 3.37. The minimum atomic E-state index is -0.710. The molecule has 14 heavy (non-hydrogen) atoms. The van der Waals surface area contributed by atoms with Crippen molar-refractivity contribution in [2.45, 2.75) is 38.0 Å². The summed E-state index contributed by atoms with van der Waals surface area (Å²) >= 11 is 4.33. The molecule has 0 aromatic carbocycles. The second-order valence-corrected chi connectivity index (χ2v) is 4.39. The highest BCUT2D eigenvalue weighted by Gasteiger charge is 2.36. The average Bonchev–Trinajstić information content (AvgIpc) is 2.12. The van der Waals surface area contributed by atoms with Gasteiger partial charge in [0.1, 0.15) is 6.04 Å². The summed E-state index contributed by atoms with van der Waals surface area (Å²) in [6.45, 7) is 5.04. The molecular weight excluding hydrogens is 202 g/mol. The third kappa shape index (κ3) is 3.57. The van der Waals surface area contributed by atoms with Gasteiger partial charge in [-0.25, -0.2) is 4.79 Å². The Bertz CT molecular complexity index is 228. The van der Waals surface area contributed by atoms with Crippen molar-refractivity contribution in [3.05, 3.63) is 0 Å².